The molecule has 0 aromatic heterocycles. The maximum absolute atomic E-state index is 12.9. The summed E-state index contributed by atoms with van der Waals surface area (Å²) in [5.74, 6) is -0.256. The Hall–Kier alpha value is -2.72. The van der Waals surface area contributed by atoms with Gasteiger partial charge in [0.1, 0.15) is 11.0 Å². The molecule has 2 aromatic rings. The Labute approximate surface area is 191 Å². The summed E-state index contributed by atoms with van der Waals surface area (Å²) in [5, 5.41) is 2.03. The number of nitrogens with one attached hydrogen (secondary N) is 1. The van der Waals surface area contributed by atoms with Gasteiger partial charge in [0.15, 0.2) is 5.17 Å². The van der Waals surface area contributed by atoms with Gasteiger partial charge in [-0.15, -0.1) is 0 Å². The number of amides is 2. The van der Waals surface area contributed by atoms with E-state index in [1.807, 2.05) is 0 Å². The largest absolute Gasteiger partial charge is 0.497 e. The molecule has 1 aliphatic heterocycles. The molecule has 1 fully saturated rings. The van der Waals surface area contributed by atoms with Crippen molar-refractivity contribution in [3.05, 3.63) is 53.1 Å². The second-order valence-electron chi connectivity index (χ2n) is 6.73. The van der Waals surface area contributed by atoms with E-state index in [1.54, 1.807) is 38.3 Å². The highest BCUT2D eigenvalue weighted by atomic mass is 35.5. The number of carbonyl (C=O) groups is 2. The third-order valence-corrected chi connectivity index (χ3v) is 6.08. The quantitative estimate of drug-likeness (QED) is 0.599. The van der Waals surface area contributed by atoms with E-state index in [4.69, 9.17) is 16.3 Å². The van der Waals surface area contributed by atoms with Crippen LogP contribution in [0.3, 0.4) is 0 Å². The number of alkyl halides is 3. The Balaban J connectivity index is 1.72. The molecule has 3 rings (SSSR count). The minimum atomic E-state index is -4.57. The Bertz CT molecular complexity index is 1040. The lowest BCUT2D eigenvalue weighted by Gasteiger charge is -2.14. The zero-order valence-electron chi connectivity index (χ0n) is 17.1. The van der Waals surface area contributed by atoms with E-state index in [-0.39, 0.29) is 23.0 Å². The number of hydrogen-bond acceptors (Lipinski definition) is 5. The van der Waals surface area contributed by atoms with E-state index < -0.39 is 22.9 Å². The first kappa shape index (κ1) is 23.9. The van der Waals surface area contributed by atoms with Gasteiger partial charge in [0.2, 0.25) is 11.8 Å². The topological polar surface area (TPSA) is 71.0 Å². The molecule has 0 spiro atoms. The molecule has 1 atom stereocenters. The number of amidine groups is 1. The van der Waals surface area contributed by atoms with Gasteiger partial charge >= 0.3 is 6.18 Å². The minimum absolute atomic E-state index is 0.0336. The zero-order chi connectivity index (χ0) is 23.5. The number of rotatable bonds is 6. The lowest BCUT2D eigenvalue weighted by molar-refractivity contribution is -0.137. The fraction of sp³-hybridized carbons (Fsp3) is 0.286. The van der Waals surface area contributed by atoms with Crippen LogP contribution in [0.2, 0.25) is 5.02 Å². The first-order valence-corrected chi connectivity index (χ1v) is 10.8. The lowest BCUT2D eigenvalue weighted by Crippen LogP contribution is -2.33. The summed E-state index contributed by atoms with van der Waals surface area (Å²) in [6.07, 6.45) is -4.82. The molecule has 0 radical (unpaired) electrons. The monoisotopic (exact) mass is 485 g/mol. The standard InChI is InChI=1S/C21H19ClF3N3O3S/c1-3-28-19(30)17(32-20(28)26-13-5-7-14(31-2)8-6-13)11-18(29)27-16-10-12(21(23,24)25)4-9-15(16)22/h4-10,17H,3,11H2,1-2H3,(H,27,29). The van der Waals surface area contributed by atoms with Gasteiger partial charge < -0.3 is 10.1 Å². The van der Waals surface area contributed by atoms with Crippen molar-refractivity contribution in [2.24, 2.45) is 4.99 Å². The predicted octanol–water partition coefficient (Wildman–Crippen LogP) is 5.35. The highest BCUT2D eigenvalue weighted by Crippen LogP contribution is 2.35. The molecule has 2 aromatic carbocycles. The van der Waals surface area contributed by atoms with Crippen LogP contribution in [0.1, 0.15) is 18.9 Å². The Morgan fingerprint density at radius 2 is 1.94 bits per heavy atom. The van der Waals surface area contributed by atoms with Crippen molar-refractivity contribution in [2.45, 2.75) is 24.8 Å². The van der Waals surface area contributed by atoms with Crippen LogP contribution in [0.25, 0.3) is 0 Å². The van der Waals surface area contributed by atoms with E-state index in [9.17, 15) is 22.8 Å². The maximum atomic E-state index is 12.9. The van der Waals surface area contributed by atoms with Gasteiger partial charge in [0.25, 0.3) is 0 Å². The fourth-order valence-corrected chi connectivity index (χ4v) is 4.34. The zero-order valence-corrected chi connectivity index (χ0v) is 18.6. The number of anilines is 1. The summed E-state index contributed by atoms with van der Waals surface area (Å²) >= 11 is 7.05. The van der Waals surface area contributed by atoms with Crippen molar-refractivity contribution in [1.29, 1.82) is 0 Å². The molecule has 1 heterocycles. The number of carbonyl (C=O) groups excluding carboxylic acids is 2. The van der Waals surface area contributed by atoms with Crippen molar-refractivity contribution >= 4 is 51.7 Å². The summed E-state index contributed by atoms with van der Waals surface area (Å²) < 4.78 is 43.9. The average Bonchev–Trinajstić information content (AvgIpc) is 3.03. The predicted molar refractivity (Wildman–Crippen MR) is 119 cm³/mol. The van der Waals surface area contributed by atoms with E-state index >= 15 is 0 Å². The molecule has 0 aliphatic carbocycles. The molecule has 11 heteroatoms. The molecule has 1 N–H and O–H groups in total. The van der Waals surface area contributed by atoms with E-state index in [0.29, 0.717) is 23.1 Å². The van der Waals surface area contributed by atoms with Crippen LogP contribution in [0, 0.1) is 0 Å². The van der Waals surface area contributed by atoms with E-state index in [0.717, 1.165) is 30.0 Å². The molecule has 6 nitrogen and oxygen atoms in total. The number of thioether (sulfide) groups is 1. The number of hydrogen-bond donors (Lipinski definition) is 1. The van der Waals surface area contributed by atoms with Gasteiger partial charge in [-0.1, -0.05) is 23.4 Å². The van der Waals surface area contributed by atoms with Gasteiger partial charge in [-0.25, -0.2) is 4.99 Å². The molecule has 1 saturated heterocycles. The first-order chi connectivity index (χ1) is 15.1. The highest BCUT2D eigenvalue weighted by molar-refractivity contribution is 8.15. The Morgan fingerprint density at radius 3 is 2.53 bits per heavy atom. The fourth-order valence-electron chi connectivity index (χ4n) is 2.95. The number of ether oxygens (including phenoxy) is 1. The Kier molecular flexibility index (Phi) is 7.35. The van der Waals surface area contributed by atoms with Crippen molar-refractivity contribution in [1.82, 2.24) is 4.90 Å². The third-order valence-electron chi connectivity index (χ3n) is 4.57. The summed E-state index contributed by atoms with van der Waals surface area (Å²) in [6.45, 7) is 2.14. The molecule has 2 amide bonds. The van der Waals surface area contributed by atoms with Gasteiger partial charge in [0.05, 0.1) is 29.1 Å². The van der Waals surface area contributed by atoms with Crippen molar-refractivity contribution in [3.63, 3.8) is 0 Å². The molecule has 0 bridgehead atoms. The summed E-state index contributed by atoms with van der Waals surface area (Å²) in [7, 11) is 1.55. The van der Waals surface area contributed by atoms with Gasteiger partial charge in [-0.2, -0.15) is 13.2 Å². The number of methoxy groups -OCH3 is 1. The minimum Gasteiger partial charge on any atom is -0.497 e. The number of nitrogens with zero attached hydrogens (tertiary/aromatic N) is 2. The second kappa shape index (κ2) is 9.83. The van der Waals surface area contributed by atoms with Gasteiger partial charge in [0, 0.05) is 13.0 Å². The van der Waals surface area contributed by atoms with E-state index in [1.165, 1.54) is 4.90 Å². The molecule has 170 valence electrons. The van der Waals surface area contributed by atoms with Crippen LogP contribution < -0.4 is 10.1 Å². The van der Waals surface area contributed by atoms with Gasteiger partial charge in [-0.3, -0.25) is 14.5 Å². The number of halogens is 4. The van der Waals surface area contributed by atoms with Crippen LogP contribution >= 0.6 is 23.4 Å². The van der Waals surface area contributed by atoms with Crippen molar-refractivity contribution in [3.8, 4) is 5.75 Å². The normalized spacial score (nSPS) is 17.7. The number of aliphatic imine (C=N–C) groups is 1. The molecule has 1 unspecified atom stereocenters. The number of benzene rings is 2. The van der Waals surface area contributed by atoms with Crippen LogP contribution in [0.4, 0.5) is 24.5 Å². The Morgan fingerprint density at radius 1 is 1.25 bits per heavy atom. The summed E-state index contributed by atoms with van der Waals surface area (Å²) in [5.41, 5.74) is -0.489. The SMILES string of the molecule is CCN1C(=O)C(CC(=O)Nc2cc(C(F)(F)F)ccc2Cl)SC1=Nc1ccc(OC)cc1. The summed E-state index contributed by atoms with van der Waals surface area (Å²) in [6, 6.07) is 9.60. The van der Waals surface area contributed by atoms with Crippen LogP contribution in [-0.4, -0.2) is 40.8 Å². The molecule has 1 aliphatic rings. The average molecular weight is 486 g/mol. The van der Waals surface area contributed by atoms with Crippen LogP contribution in [0.15, 0.2) is 47.5 Å². The van der Waals surface area contributed by atoms with Crippen LogP contribution in [0.5, 0.6) is 5.75 Å². The summed E-state index contributed by atoms with van der Waals surface area (Å²) in [4.78, 5) is 31.1. The van der Waals surface area contributed by atoms with Gasteiger partial charge in [-0.05, 0) is 49.4 Å². The van der Waals surface area contributed by atoms with E-state index in [2.05, 4.69) is 10.3 Å². The molecular formula is C21H19ClF3N3O3S. The molecule has 0 saturated carbocycles. The second-order valence-corrected chi connectivity index (χ2v) is 8.30. The van der Waals surface area contributed by atoms with Crippen LogP contribution in [-0.2, 0) is 15.8 Å². The molecule has 32 heavy (non-hydrogen) atoms. The highest BCUT2D eigenvalue weighted by Gasteiger charge is 2.38. The molecular weight excluding hydrogens is 467 g/mol. The van der Waals surface area contributed by atoms with Crippen molar-refractivity contribution in [2.75, 3.05) is 19.0 Å². The van der Waals surface area contributed by atoms with Crippen molar-refractivity contribution < 1.29 is 27.5 Å². The smallest absolute Gasteiger partial charge is 0.416 e. The third kappa shape index (κ3) is 5.55. The first-order valence-electron chi connectivity index (χ1n) is 9.49. The maximum Gasteiger partial charge on any atom is 0.416 e. The lowest BCUT2D eigenvalue weighted by atomic mass is 10.2.